The van der Waals surface area contributed by atoms with Crippen LogP contribution in [0.25, 0.3) is 6.08 Å². The highest BCUT2D eigenvalue weighted by atomic mass is 32.2. The predicted octanol–water partition coefficient (Wildman–Crippen LogP) is 4.93. The molecule has 1 amide bonds. The lowest BCUT2D eigenvalue weighted by atomic mass is 10.3. The zero-order valence-electron chi connectivity index (χ0n) is 13.8. The van der Waals surface area contributed by atoms with Gasteiger partial charge in [-0.15, -0.1) is 11.8 Å². The van der Waals surface area contributed by atoms with Crippen molar-refractivity contribution in [2.45, 2.75) is 17.6 Å². The summed E-state index contributed by atoms with van der Waals surface area (Å²) in [6.45, 7) is 1.87. The SMILES string of the molecule is Cc1ccc(/C=C/C(=O)Nc2ccc(SCc3cccnc3)cc2)o1. The molecule has 5 heteroatoms. The lowest BCUT2D eigenvalue weighted by Gasteiger charge is -2.05. The average Bonchev–Trinajstić information content (AvgIpc) is 3.06. The van der Waals surface area contributed by atoms with Crippen molar-refractivity contribution >= 4 is 29.4 Å². The Morgan fingerprint density at radius 2 is 2.04 bits per heavy atom. The number of amides is 1. The highest BCUT2D eigenvalue weighted by Gasteiger charge is 2.01. The molecule has 0 fully saturated rings. The number of carbonyl (C=O) groups is 1. The molecule has 0 spiro atoms. The largest absolute Gasteiger partial charge is 0.462 e. The summed E-state index contributed by atoms with van der Waals surface area (Å²) in [4.78, 5) is 17.2. The van der Waals surface area contributed by atoms with E-state index in [1.807, 2.05) is 55.6 Å². The Bertz CT molecular complexity index is 855. The molecule has 2 heterocycles. The van der Waals surface area contributed by atoms with Crippen LogP contribution in [0.4, 0.5) is 5.69 Å². The fraction of sp³-hybridized carbons (Fsp3) is 0.100. The van der Waals surface area contributed by atoms with Crippen LogP contribution >= 0.6 is 11.8 Å². The molecule has 1 N–H and O–H groups in total. The van der Waals surface area contributed by atoms with Gasteiger partial charge in [0.15, 0.2) is 0 Å². The minimum Gasteiger partial charge on any atom is -0.462 e. The molecule has 3 rings (SSSR count). The molecule has 0 aliphatic carbocycles. The van der Waals surface area contributed by atoms with E-state index in [1.54, 1.807) is 24.0 Å². The quantitative estimate of drug-likeness (QED) is 0.506. The van der Waals surface area contributed by atoms with Gasteiger partial charge >= 0.3 is 0 Å². The van der Waals surface area contributed by atoms with Crippen LogP contribution in [0.5, 0.6) is 0 Å². The molecule has 126 valence electrons. The number of furan rings is 1. The topological polar surface area (TPSA) is 55.1 Å². The number of carbonyl (C=O) groups excluding carboxylic acids is 1. The van der Waals surface area contributed by atoms with E-state index in [1.165, 1.54) is 11.6 Å². The fourth-order valence-electron chi connectivity index (χ4n) is 2.17. The van der Waals surface area contributed by atoms with E-state index in [2.05, 4.69) is 16.4 Å². The Morgan fingerprint density at radius 3 is 2.72 bits per heavy atom. The second-order valence-electron chi connectivity index (χ2n) is 5.45. The molecule has 0 saturated heterocycles. The van der Waals surface area contributed by atoms with Gasteiger partial charge in [0.1, 0.15) is 11.5 Å². The van der Waals surface area contributed by atoms with Crippen LogP contribution in [0.1, 0.15) is 17.1 Å². The highest BCUT2D eigenvalue weighted by molar-refractivity contribution is 7.98. The molecular formula is C20H18N2O2S. The van der Waals surface area contributed by atoms with Gasteiger partial charge in [0, 0.05) is 34.8 Å². The molecule has 1 aromatic carbocycles. The maximum atomic E-state index is 11.9. The van der Waals surface area contributed by atoms with Crippen molar-refractivity contribution in [2.75, 3.05) is 5.32 Å². The van der Waals surface area contributed by atoms with Crippen molar-refractivity contribution < 1.29 is 9.21 Å². The van der Waals surface area contributed by atoms with E-state index in [9.17, 15) is 4.79 Å². The van der Waals surface area contributed by atoms with E-state index in [0.29, 0.717) is 5.76 Å². The summed E-state index contributed by atoms with van der Waals surface area (Å²) in [5.41, 5.74) is 1.94. The molecule has 4 nitrogen and oxygen atoms in total. The number of hydrogen-bond acceptors (Lipinski definition) is 4. The van der Waals surface area contributed by atoms with Crippen LogP contribution in [0.2, 0.25) is 0 Å². The van der Waals surface area contributed by atoms with Crippen molar-refractivity contribution in [3.63, 3.8) is 0 Å². The molecule has 2 aromatic heterocycles. The van der Waals surface area contributed by atoms with Crippen LogP contribution in [0.15, 0.2) is 76.3 Å². The maximum absolute atomic E-state index is 11.9. The third kappa shape index (κ3) is 5.36. The first kappa shape index (κ1) is 17.0. The standard InChI is InChI=1S/C20H18N2O2S/c1-15-4-7-18(24-15)8-11-20(23)22-17-5-9-19(10-6-17)25-14-16-3-2-12-21-13-16/h2-13H,14H2,1H3,(H,22,23)/b11-8+. The first-order chi connectivity index (χ1) is 12.2. The molecule has 0 atom stereocenters. The smallest absolute Gasteiger partial charge is 0.248 e. The lowest BCUT2D eigenvalue weighted by Crippen LogP contribution is -2.07. The Hall–Kier alpha value is -2.79. The molecule has 0 aliphatic rings. The predicted molar refractivity (Wildman–Crippen MR) is 101 cm³/mol. The molecule has 25 heavy (non-hydrogen) atoms. The number of nitrogens with zero attached hydrogens (tertiary/aromatic N) is 1. The number of anilines is 1. The number of aromatic nitrogens is 1. The van der Waals surface area contributed by atoms with Crippen molar-refractivity contribution in [2.24, 2.45) is 0 Å². The summed E-state index contributed by atoms with van der Waals surface area (Å²) < 4.78 is 5.39. The Morgan fingerprint density at radius 1 is 1.20 bits per heavy atom. The first-order valence-corrected chi connectivity index (χ1v) is 8.85. The zero-order valence-corrected chi connectivity index (χ0v) is 14.6. The summed E-state index contributed by atoms with van der Waals surface area (Å²) in [5, 5.41) is 2.83. The molecule has 0 aliphatic heterocycles. The second kappa shape index (κ2) is 8.35. The molecule has 3 aromatic rings. The van der Waals surface area contributed by atoms with Crippen LogP contribution in [0.3, 0.4) is 0 Å². The summed E-state index contributed by atoms with van der Waals surface area (Å²) in [6, 6.07) is 15.5. The first-order valence-electron chi connectivity index (χ1n) is 7.86. The number of benzene rings is 1. The lowest BCUT2D eigenvalue weighted by molar-refractivity contribution is -0.111. The van der Waals surface area contributed by atoms with Crippen molar-refractivity contribution in [1.82, 2.24) is 4.98 Å². The Balaban J connectivity index is 1.51. The normalized spacial score (nSPS) is 10.9. The van der Waals surface area contributed by atoms with Gasteiger partial charge in [-0.25, -0.2) is 0 Å². The fourth-order valence-corrected chi connectivity index (χ4v) is 3.00. The molecular weight excluding hydrogens is 332 g/mol. The third-order valence-corrected chi connectivity index (χ3v) is 4.49. The van der Waals surface area contributed by atoms with Crippen LogP contribution < -0.4 is 5.32 Å². The Labute approximate surface area is 151 Å². The van der Waals surface area contributed by atoms with Crippen LogP contribution in [-0.2, 0) is 10.5 Å². The van der Waals surface area contributed by atoms with Gasteiger partial charge in [-0.05, 0) is 61.0 Å². The number of rotatable bonds is 6. The number of hydrogen-bond donors (Lipinski definition) is 1. The number of pyridine rings is 1. The summed E-state index contributed by atoms with van der Waals surface area (Å²) in [5.74, 6) is 2.16. The minimum absolute atomic E-state index is 0.190. The van der Waals surface area contributed by atoms with Gasteiger partial charge in [0.05, 0.1) is 0 Å². The summed E-state index contributed by atoms with van der Waals surface area (Å²) >= 11 is 1.73. The van der Waals surface area contributed by atoms with Gasteiger partial charge < -0.3 is 9.73 Å². The Kier molecular flexibility index (Phi) is 5.69. The van der Waals surface area contributed by atoms with Crippen molar-refractivity contribution in [1.29, 1.82) is 0 Å². The molecule has 0 saturated carbocycles. The van der Waals surface area contributed by atoms with Gasteiger partial charge in [-0.3, -0.25) is 9.78 Å². The van der Waals surface area contributed by atoms with E-state index >= 15 is 0 Å². The number of thioether (sulfide) groups is 1. The second-order valence-corrected chi connectivity index (χ2v) is 6.49. The number of aryl methyl sites for hydroxylation is 1. The molecule has 0 bridgehead atoms. The van der Waals surface area contributed by atoms with Crippen molar-refractivity contribution in [3.8, 4) is 0 Å². The molecule has 0 unspecified atom stereocenters. The van der Waals surface area contributed by atoms with E-state index in [0.717, 1.165) is 22.1 Å². The monoisotopic (exact) mass is 350 g/mol. The van der Waals surface area contributed by atoms with E-state index in [-0.39, 0.29) is 5.91 Å². The van der Waals surface area contributed by atoms with Gasteiger partial charge in [-0.2, -0.15) is 0 Å². The number of nitrogens with one attached hydrogen (secondary N) is 1. The third-order valence-electron chi connectivity index (χ3n) is 3.41. The van der Waals surface area contributed by atoms with Gasteiger partial charge in [0.2, 0.25) is 5.91 Å². The zero-order chi connectivity index (χ0) is 17.5. The van der Waals surface area contributed by atoms with Crippen LogP contribution in [-0.4, -0.2) is 10.9 Å². The van der Waals surface area contributed by atoms with Crippen molar-refractivity contribution in [3.05, 3.63) is 84.1 Å². The van der Waals surface area contributed by atoms with E-state index < -0.39 is 0 Å². The molecule has 0 radical (unpaired) electrons. The highest BCUT2D eigenvalue weighted by Crippen LogP contribution is 2.24. The summed E-state index contributed by atoms with van der Waals surface area (Å²) in [7, 11) is 0. The van der Waals surface area contributed by atoms with Gasteiger partial charge in [0.25, 0.3) is 0 Å². The van der Waals surface area contributed by atoms with E-state index in [4.69, 9.17) is 4.42 Å². The van der Waals surface area contributed by atoms with Gasteiger partial charge in [-0.1, -0.05) is 6.07 Å². The maximum Gasteiger partial charge on any atom is 0.248 e. The summed E-state index contributed by atoms with van der Waals surface area (Å²) in [6.07, 6.45) is 6.76. The average molecular weight is 350 g/mol. The minimum atomic E-state index is -0.190. The van der Waals surface area contributed by atoms with Crippen LogP contribution in [0, 0.1) is 6.92 Å².